The fourth-order valence-electron chi connectivity index (χ4n) is 4.18. The molecule has 0 bridgehead atoms. The number of alkyl carbamates (subject to hydrolysis) is 1. The number of carboxylic acids is 1. The highest BCUT2D eigenvalue weighted by molar-refractivity contribution is 5.98. The van der Waals surface area contributed by atoms with Crippen molar-refractivity contribution in [1.82, 2.24) is 20.2 Å². The molecule has 3 amide bonds. The van der Waals surface area contributed by atoms with Gasteiger partial charge in [-0.1, -0.05) is 48.5 Å². The van der Waals surface area contributed by atoms with Crippen LogP contribution in [0, 0.1) is 0 Å². The van der Waals surface area contributed by atoms with Crippen molar-refractivity contribution >= 4 is 29.7 Å². The number of amides is 3. The lowest BCUT2D eigenvalue weighted by molar-refractivity contribution is -0.142. The van der Waals surface area contributed by atoms with E-state index in [0.717, 1.165) is 40.9 Å². The highest BCUT2D eigenvalue weighted by atomic mass is 19.4. The van der Waals surface area contributed by atoms with Crippen molar-refractivity contribution in [2.75, 3.05) is 11.9 Å². The molecule has 46 heavy (non-hydrogen) atoms. The molecule has 1 unspecified atom stereocenters. The van der Waals surface area contributed by atoms with Crippen LogP contribution in [0.3, 0.4) is 0 Å². The van der Waals surface area contributed by atoms with Crippen molar-refractivity contribution in [3.63, 3.8) is 0 Å². The quantitative estimate of drug-likeness (QED) is 0.223. The molecule has 1 aromatic heterocycles. The molecule has 0 saturated carbocycles. The number of nitrogens with zero attached hydrogens (tertiary/aromatic N) is 2. The van der Waals surface area contributed by atoms with Gasteiger partial charge in [-0.2, -0.15) is 13.2 Å². The maximum absolute atomic E-state index is 13.6. The van der Waals surface area contributed by atoms with Gasteiger partial charge < -0.3 is 35.1 Å². The lowest BCUT2D eigenvalue weighted by Crippen LogP contribution is -2.59. The predicted octanol–water partition coefficient (Wildman–Crippen LogP) is 4.52. The summed E-state index contributed by atoms with van der Waals surface area (Å²) in [5.74, 6) is -3.38. The van der Waals surface area contributed by atoms with E-state index < -0.39 is 64.4 Å². The van der Waals surface area contributed by atoms with Gasteiger partial charge in [-0.05, 0) is 51.8 Å². The van der Waals surface area contributed by atoms with Crippen LogP contribution in [-0.4, -0.2) is 62.3 Å². The van der Waals surface area contributed by atoms with Gasteiger partial charge in [-0.3, -0.25) is 9.59 Å². The van der Waals surface area contributed by atoms with Crippen molar-refractivity contribution < 1.29 is 46.9 Å². The van der Waals surface area contributed by atoms with Gasteiger partial charge >= 0.3 is 18.2 Å². The third-order valence-electron chi connectivity index (χ3n) is 6.34. The minimum Gasteiger partial charge on any atom is -0.479 e. The predicted molar refractivity (Wildman–Crippen MR) is 160 cm³/mol. The van der Waals surface area contributed by atoms with Crippen LogP contribution in [0.5, 0.6) is 0 Å². The number of carboxylic acid groups (broad SMARTS) is 1. The smallest absolute Gasteiger partial charge is 0.416 e. The van der Waals surface area contributed by atoms with E-state index in [1.54, 1.807) is 45.0 Å². The molecule has 3 rings (SSSR count). The summed E-state index contributed by atoms with van der Waals surface area (Å²) in [4.78, 5) is 55.0. The summed E-state index contributed by atoms with van der Waals surface area (Å²) in [7, 11) is 0. The molecule has 0 aliphatic rings. The number of imidazole rings is 1. The normalized spacial score (nSPS) is 13.3. The Bertz CT molecular complexity index is 1530. The Morgan fingerprint density at radius 1 is 0.957 bits per heavy atom. The van der Waals surface area contributed by atoms with Crippen LogP contribution in [0.1, 0.15) is 57.4 Å². The monoisotopic (exact) mass is 647 g/mol. The molecule has 0 saturated heterocycles. The number of ether oxygens (including phenoxy) is 2. The van der Waals surface area contributed by atoms with E-state index in [2.05, 4.69) is 20.9 Å². The molecule has 0 aliphatic heterocycles. The Morgan fingerprint density at radius 3 is 2.20 bits per heavy atom. The number of hydrogen-bond acceptors (Lipinski definition) is 7. The molecule has 0 aliphatic carbocycles. The number of nitrogens with one attached hydrogen (secondary N) is 3. The summed E-state index contributed by atoms with van der Waals surface area (Å²) >= 11 is 0. The zero-order valence-corrected chi connectivity index (χ0v) is 25.8. The molecule has 0 spiro atoms. The number of hydrogen-bond donors (Lipinski definition) is 4. The number of rotatable bonds is 12. The lowest BCUT2D eigenvalue weighted by atomic mass is 10.00. The maximum Gasteiger partial charge on any atom is 0.416 e. The average molecular weight is 648 g/mol. The number of benzene rings is 2. The summed E-state index contributed by atoms with van der Waals surface area (Å²) in [5, 5.41) is 17.2. The van der Waals surface area contributed by atoms with Crippen LogP contribution >= 0.6 is 0 Å². The van der Waals surface area contributed by atoms with Gasteiger partial charge in [0.2, 0.25) is 5.91 Å². The zero-order chi connectivity index (χ0) is 34.3. The second kappa shape index (κ2) is 14.5. The number of alkyl halides is 3. The number of carbonyl (C=O) groups excluding carboxylic acids is 3. The van der Waals surface area contributed by atoms with Crippen LogP contribution in [0.2, 0.25) is 0 Å². The minimum atomic E-state index is -4.82. The van der Waals surface area contributed by atoms with E-state index in [0.29, 0.717) is 0 Å². The first-order chi connectivity index (χ1) is 21.4. The first-order valence-corrected chi connectivity index (χ1v) is 14.0. The Balaban J connectivity index is 1.81. The van der Waals surface area contributed by atoms with Crippen LogP contribution < -0.4 is 16.0 Å². The molecular weight excluding hydrogens is 611 g/mol. The largest absolute Gasteiger partial charge is 0.479 e. The molecule has 12 nitrogen and oxygen atoms in total. The van der Waals surface area contributed by atoms with Crippen LogP contribution in [0.4, 0.5) is 23.8 Å². The first-order valence-electron chi connectivity index (χ1n) is 14.0. The highest BCUT2D eigenvalue weighted by Gasteiger charge is 2.38. The number of carbonyl (C=O) groups is 4. The van der Waals surface area contributed by atoms with Crippen molar-refractivity contribution in [1.29, 1.82) is 0 Å². The number of aromatic nitrogens is 2. The second-order valence-corrected chi connectivity index (χ2v) is 11.8. The van der Waals surface area contributed by atoms with Gasteiger partial charge in [0.1, 0.15) is 17.2 Å². The molecule has 3 aromatic rings. The number of halogens is 3. The molecule has 2 atom stereocenters. The number of anilines is 1. The summed E-state index contributed by atoms with van der Waals surface area (Å²) in [6.07, 6.45) is -3.66. The van der Waals surface area contributed by atoms with Gasteiger partial charge in [-0.25, -0.2) is 14.6 Å². The maximum atomic E-state index is 13.6. The van der Waals surface area contributed by atoms with E-state index in [4.69, 9.17) is 9.47 Å². The topological polar surface area (TPSA) is 161 Å². The lowest BCUT2D eigenvalue weighted by Gasteiger charge is -2.29. The van der Waals surface area contributed by atoms with Gasteiger partial charge in [0.25, 0.3) is 5.91 Å². The molecule has 15 heteroatoms. The van der Waals surface area contributed by atoms with Crippen molar-refractivity contribution in [2.45, 2.75) is 70.6 Å². The minimum absolute atomic E-state index is 0.0908. The van der Waals surface area contributed by atoms with Gasteiger partial charge in [0.15, 0.2) is 11.9 Å². The summed E-state index contributed by atoms with van der Waals surface area (Å²) in [6.45, 7) is 7.52. The van der Waals surface area contributed by atoms with Crippen LogP contribution in [-0.2, 0) is 36.6 Å². The van der Waals surface area contributed by atoms with Crippen molar-refractivity contribution in [3.05, 3.63) is 83.8 Å². The fourth-order valence-corrected chi connectivity index (χ4v) is 4.18. The number of aliphatic carboxylic acids is 1. The van der Waals surface area contributed by atoms with E-state index in [-0.39, 0.29) is 19.0 Å². The Kier molecular flexibility index (Phi) is 11.2. The molecule has 2 aromatic carbocycles. The molecule has 0 radical (unpaired) electrons. The Hall–Kier alpha value is -4.92. The van der Waals surface area contributed by atoms with Gasteiger partial charge in [-0.15, -0.1) is 0 Å². The summed E-state index contributed by atoms with van der Waals surface area (Å²) in [6, 6.07) is 10.1. The fraction of sp³-hybridized carbons (Fsp3) is 0.387. The first kappa shape index (κ1) is 35.6. The average Bonchev–Trinajstić information content (AvgIpc) is 3.38. The second-order valence-electron chi connectivity index (χ2n) is 11.8. The Morgan fingerprint density at radius 2 is 1.59 bits per heavy atom. The summed E-state index contributed by atoms with van der Waals surface area (Å²) < 4.78 is 52.7. The molecular formula is C31H36F3N5O7. The van der Waals surface area contributed by atoms with Crippen molar-refractivity contribution in [3.8, 4) is 0 Å². The summed E-state index contributed by atoms with van der Waals surface area (Å²) in [5.41, 5.74) is -3.25. The third kappa shape index (κ3) is 10.1. The molecule has 0 fully saturated rings. The Labute approximate surface area is 263 Å². The SMILES string of the molecule is CC(C)(C)OC(=O)NC(C)(C)C(=O)N[C@H](COCc1ccccc1)C(=O)Nc1cn(C(C(=O)O)c2ccccc2C(F)(F)F)cn1. The van der Waals surface area contributed by atoms with Crippen molar-refractivity contribution in [2.24, 2.45) is 0 Å². The molecule has 1 heterocycles. The van der Waals surface area contributed by atoms with E-state index in [9.17, 15) is 37.5 Å². The molecule has 248 valence electrons. The zero-order valence-electron chi connectivity index (χ0n) is 25.8. The van der Waals surface area contributed by atoms with E-state index in [1.165, 1.54) is 19.9 Å². The standard InChI is InChI=1S/C31H36F3N5O7/c1-29(2,3)46-28(44)38-30(4,5)27(43)36-22(17-45-16-19-11-7-6-8-12-19)25(40)37-23-15-39(18-35-23)24(26(41)42)20-13-9-10-14-21(20)31(32,33)34/h6-15,18,22,24H,16-17H2,1-5H3,(H,36,43)(H,37,40)(H,38,44)(H,41,42)/t22-,24?/m1/s1. The van der Waals surface area contributed by atoms with E-state index in [1.807, 2.05) is 6.07 Å². The van der Waals surface area contributed by atoms with E-state index >= 15 is 0 Å². The van der Waals surface area contributed by atoms with Crippen LogP contribution in [0.15, 0.2) is 67.1 Å². The van der Waals surface area contributed by atoms with Gasteiger partial charge in [0.05, 0.1) is 25.1 Å². The highest BCUT2D eigenvalue weighted by Crippen LogP contribution is 2.36. The molecule has 4 N–H and O–H groups in total. The third-order valence-corrected chi connectivity index (χ3v) is 6.34. The van der Waals surface area contributed by atoms with Crippen LogP contribution in [0.25, 0.3) is 0 Å². The van der Waals surface area contributed by atoms with Gasteiger partial charge in [0, 0.05) is 6.20 Å².